The number of fused-ring (bicyclic) bond motifs is 1. The fourth-order valence-electron chi connectivity index (χ4n) is 3.29. The Hall–Kier alpha value is -3.02. The van der Waals surface area contributed by atoms with E-state index in [1.54, 1.807) is 13.1 Å². The zero-order valence-corrected chi connectivity index (χ0v) is 15.8. The summed E-state index contributed by atoms with van der Waals surface area (Å²) < 4.78 is 5.38. The molecule has 0 radical (unpaired) electrons. The Balaban J connectivity index is 1.77. The highest BCUT2D eigenvalue weighted by Gasteiger charge is 2.33. The molecule has 0 saturated heterocycles. The molecule has 2 unspecified atom stereocenters. The molecule has 0 spiro atoms. The summed E-state index contributed by atoms with van der Waals surface area (Å²) in [6, 6.07) is 15.0. The van der Waals surface area contributed by atoms with Crippen LogP contribution >= 0.6 is 0 Å². The minimum atomic E-state index is -0.471. The molecule has 3 rings (SSSR count). The highest BCUT2D eigenvalue weighted by molar-refractivity contribution is 5.94. The van der Waals surface area contributed by atoms with Gasteiger partial charge in [0.2, 0.25) is 0 Å². The SMILES string of the molecule is CNC(=O)c1ccc2c(c1)C(NC(=O)OCc1ccccc1)C(C)[C@H](C)N2. The number of carbonyl (C=O) groups is 2. The van der Waals surface area contributed by atoms with Gasteiger partial charge < -0.3 is 20.7 Å². The summed E-state index contributed by atoms with van der Waals surface area (Å²) in [5.41, 5.74) is 3.30. The monoisotopic (exact) mass is 367 g/mol. The van der Waals surface area contributed by atoms with Gasteiger partial charge in [-0.15, -0.1) is 0 Å². The second-order valence-corrected chi connectivity index (χ2v) is 6.86. The summed E-state index contributed by atoms with van der Waals surface area (Å²) in [6.45, 7) is 4.35. The lowest BCUT2D eigenvalue weighted by atomic mass is 9.84. The van der Waals surface area contributed by atoms with Crippen LogP contribution in [0.4, 0.5) is 10.5 Å². The third-order valence-corrected chi connectivity index (χ3v) is 5.06. The van der Waals surface area contributed by atoms with Gasteiger partial charge in [-0.05, 0) is 36.2 Å². The van der Waals surface area contributed by atoms with Crippen molar-refractivity contribution in [1.29, 1.82) is 0 Å². The van der Waals surface area contributed by atoms with Crippen LogP contribution < -0.4 is 16.0 Å². The summed E-state index contributed by atoms with van der Waals surface area (Å²) in [7, 11) is 1.60. The molecule has 0 saturated carbocycles. The fraction of sp³-hybridized carbons (Fsp3) is 0.333. The number of hydrogen-bond acceptors (Lipinski definition) is 4. The standard InChI is InChI=1S/C21H25N3O3/c1-13-14(2)23-18-10-9-16(20(25)22-3)11-17(18)19(13)24-21(26)27-12-15-7-5-4-6-8-15/h4-11,13-14,19,23H,12H2,1-3H3,(H,22,25)(H,24,26)/t13?,14-,19?/m0/s1. The van der Waals surface area contributed by atoms with Crippen molar-refractivity contribution in [3.63, 3.8) is 0 Å². The molecular weight excluding hydrogens is 342 g/mol. The molecule has 27 heavy (non-hydrogen) atoms. The Morgan fingerprint density at radius 3 is 2.56 bits per heavy atom. The zero-order chi connectivity index (χ0) is 19.4. The predicted molar refractivity (Wildman–Crippen MR) is 105 cm³/mol. The molecule has 1 heterocycles. The Bertz CT molecular complexity index is 823. The molecule has 0 fully saturated rings. The number of benzene rings is 2. The van der Waals surface area contributed by atoms with Crippen LogP contribution in [-0.2, 0) is 11.3 Å². The van der Waals surface area contributed by atoms with Crippen molar-refractivity contribution in [3.8, 4) is 0 Å². The maximum absolute atomic E-state index is 12.4. The predicted octanol–water partition coefficient (Wildman–Crippen LogP) is 3.46. The van der Waals surface area contributed by atoms with Gasteiger partial charge in [-0.25, -0.2) is 4.79 Å². The van der Waals surface area contributed by atoms with Crippen molar-refractivity contribution in [3.05, 3.63) is 65.2 Å². The molecule has 2 aromatic carbocycles. The number of anilines is 1. The van der Waals surface area contributed by atoms with E-state index in [1.807, 2.05) is 42.5 Å². The first-order valence-corrected chi connectivity index (χ1v) is 9.09. The van der Waals surface area contributed by atoms with Gasteiger partial charge in [-0.3, -0.25) is 4.79 Å². The fourth-order valence-corrected chi connectivity index (χ4v) is 3.29. The molecule has 0 bridgehead atoms. The Morgan fingerprint density at radius 2 is 1.85 bits per heavy atom. The number of alkyl carbamates (subject to hydrolysis) is 1. The topological polar surface area (TPSA) is 79.5 Å². The van der Waals surface area contributed by atoms with Crippen molar-refractivity contribution in [1.82, 2.24) is 10.6 Å². The maximum atomic E-state index is 12.4. The summed E-state index contributed by atoms with van der Waals surface area (Å²) in [6.07, 6.45) is -0.471. The van der Waals surface area contributed by atoms with Crippen LogP contribution in [0.2, 0.25) is 0 Å². The van der Waals surface area contributed by atoms with Gasteiger partial charge in [0.25, 0.3) is 5.91 Å². The largest absolute Gasteiger partial charge is 0.445 e. The van der Waals surface area contributed by atoms with Crippen molar-refractivity contribution in [2.75, 3.05) is 12.4 Å². The van der Waals surface area contributed by atoms with E-state index in [0.717, 1.165) is 16.8 Å². The molecule has 3 atom stereocenters. The van der Waals surface area contributed by atoms with E-state index in [9.17, 15) is 9.59 Å². The van der Waals surface area contributed by atoms with Crippen molar-refractivity contribution >= 4 is 17.7 Å². The number of carbonyl (C=O) groups excluding carboxylic acids is 2. The Morgan fingerprint density at radius 1 is 1.11 bits per heavy atom. The Labute approximate surface area is 159 Å². The first-order valence-electron chi connectivity index (χ1n) is 9.09. The molecule has 6 heteroatoms. The summed E-state index contributed by atoms with van der Waals surface area (Å²) in [4.78, 5) is 24.4. The van der Waals surface area contributed by atoms with Gasteiger partial charge in [0.15, 0.2) is 0 Å². The third kappa shape index (κ3) is 4.22. The number of hydrogen-bond donors (Lipinski definition) is 3. The zero-order valence-electron chi connectivity index (χ0n) is 15.8. The van der Waals surface area contributed by atoms with E-state index in [1.165, 1.54) is 0 Å². The first kappa shape index (κ1) is 18.8. The Kier molecular flexibility index (Phi) is 5.64. The minimum Gasteiger partial charge on any atom is -0.445 e. The highest BCUT2D eigenvalue weighted by Crippen LogP contribution is 2.37. The molecule has 2 aromatic rings. The van der Waals surface area contributed by atoms with Gasteiger partial charge in [-0.2, -0.15) is 0 Å². The summed E-state index contributed by atoms with van der Waals surface area (Å²) in [5.74, 6) is -0.0313. The molecule has 0 aromatic heterocycles. The highest BCUT2D eigenvalue weighted by atomic mass is 16.5. The average molecular weight is 367 g/mol. The maximum Gasteiger partial charge on any atom is 0.407 e. The lowest BCUT2D eigenvalue weighted by Crippen LogP contribution is -2.43. The van der Waals surface area contributed by atoms with Gasteiger partial charge in [0.1, 0.15) is 6.61 Å². The van der Waals surface area contributed by atoms with Crippen molar-refractivity contribution in [2.45, 2.75) is 32.5 Å². The minimum absolute atomic E-state index is 0.127. The molecule has 6 nitrogen and oxygen atoms in total. The van der Waals surface area contributed by atoms with Crippen LogP contribution in [0.5, 0.6) is 0 Å². The van der Waals surface area contributed by atoms with Gasteiger partial charge >= 0.3 is 6.09 Å². The third-order valence-electron chi connectivity index (χ3n) is 5.06. The van der Waals surface area contributed by atoms with Gasteiger partial charge in [-0.1, -0.05) is 37.3 Å². The van der Waals surface area contributed by atoms with E-state index < -0.39 is 6.09 Å². The van der Waals surface area contributed by atoms with E-state index in [2.05, 4.69) is 29.8 Å². The molecule has 1 aliphatic rings. The lowest BCUT2D eigenvalue weighted by Gasteiger charge is -2.37. The van der Waals surface area contributed by atoms with E-state index in [-0.39, 0.29) is 30.5 Å². The van der Waals surface area contributed by atoms with Crippen molar-refractivity contribution < 1.29 is 14.3 Å². The van der Waals surface area contributed by atoms with E-state index in [0.29, 0.717) is 5.56 Å². The molecular formula is C21H25N3O3. The van der Waals surface area contributed by atoms with Crippen LogP contribution in [0.15, 0.2) is 48.5 Å². The number of rotatable bonds is 4. The van der Waals surface area contributed by atoms with Crippen LogP contribution in [0.1, 0.15) is 41.4 Å². The summed E-state index contributed by atoms with van der Waals surface area (Å²) >= 11 is 0. The van der Waals surface area contributed by atoms with Crippen LogP contribution in [0.3, 0.4) is 0 Å². The molecule has 3 N–H and O–H groups in total. The number of amides is 2. The average Bonchev–Trinajstić information content (AvgIpc) is 2.69. The van der Waals surface area contributed by atoms with Crippen molar-refractivity contribution in [2.24, 2.45) is 5.92 Å². The van der Waals surface area contributed by atoms with Crippen LogP contribution in [0.25, 0.3) is 0 Å². The molecule has 2 amide bonds. The normalized spacial score (nSPS) is 20.8. The van der Waals surface area contributed by atoms with Gasteiger partial charge in [0.05, 0.1) is 6.04 Å². The molecule has 0 aliphatic carbocycles. The van der Waals surface area contributed by atoms with E-state index >= 15 is 0 Å². The van der Waals surface area contributed by atoms with Crippen LogP contribution in [-0.4, -0.2) is 25.1 Å². The number of nitrogens with one attached hydrogen (secondary N) is 3. The molecule has 142 valence electrons. The molecule has 1 aliphatic heterocycles. The van der Waals surface area contributed by atoms with E-state index in [4.69, 9.17) is 4.74 Å². The smallest absolute Gasteiger partial charge is 0.407 e. The van der Waals surface area contributed by atoms with Gasteiger partial charge in [0, 0.05) is 30.3 Å². The second-order valence-electron chi connectivity index (χ2n) is 6.86. The summed E-state index contributed by atoms with van der Waals surface area (Å²) in [5, 5.41) is 9.04. The number of ether oxygens (including phenoxy) is 1. The second kappa shape index (κ2) is 8.12. The first-order chi connectivity index (χ1) is 13.0. The lowest BCUT2D eigenvalue weighted by molar-refractivity contribution is 0.0963. The quantitative estimate of drug-likeness (QED) is 0.773. The van der Waals surface area contributed by atoms with Crippen LogP contribution in [0, 0.1) is 5.92 Å².